The van der Waals surface area contributed by atoms with E-state index in [1.54, 1.807) is 12.2 Å². The summed E-state index contributed by atoms with van der Waals surface area (Å²) in [6.07, 6.45) is 21.4. The van der Waals surface area contributed by atoms with E-state index in [2.05, 4.69) is 12.2 Å². The van der Waals surface area contributed by atoms with E-state index in [0.29, 0.717) is 30.0 Å². The zero-order valence-electron chi connectivity index (χ0n) is 15.5. The Morgan fingerprint density at radius 3 is 2.54 bits per heavy atom. The van der Waals surface area contributed by atoms with E-state index >= 15 is 0 Å². The third-order valence-electron chi connectivity index (χ3n) is 6.23. The van der Waals surface area contributed by atoms with Gasteiger partial charge in [-0.25, -0.2) is 0 Å². The fourth-order valence-corrected chi connectivity index (χ4v) is 4.82. The van der Waals surface area contributed by atoms with E-state index in [1.165, 1.54) is 19.3 Å². The first-order valence-corrected chi connectivity index (χ1v) is 10.2. The number of hydrogen-bond acceptors (Lipinski definition) is 3. The van der Waals surface area contributed by atoms with Crippen LogP contribution in [-0.4, -0.2) is 34.5 Å². The molecule has 0 aromatic carbocycles. The molecule has 0 aromatic rings. The topological polar surface area (TPSA) is 66.8 Å². The van der Waals surface area contributed by atoms with E-state index in [0.717, 1.165) is 32.1 Å². The Morgan fingerprint density at radius 2 is 1.77 bits per heavy atom. The van der Waals surface area contributed by atoms with E-state index < -0.39 is 5.97 Å². The molecule has 2 saturated heterocycles. The molecule has 0 aromatic heterocycles. The smallest absolute Gasteiger partial charge is 0.307 e. The molecule has 0 amide bonds. The highest BCUT2D eigenvalue weighted by Gasteiger charge is 2.46. The van der Waals surface area contributed by atoms with Crippen molar-refractivity contribution >= 4 is 5.97 Å². The van der Waals surface area contributed by atoms with Crippen molar-refractivity contribution in [2.24, 2.45) is 17.8 Å². The highest BCUT2D eigenvalue weighted by molar-refractivity contribution is 5.68. The van der Waals surface area contributed by atoms with Crippen LogP contribution in [0.25, 0.3) is 0 Å². The van der Waals surface area contributed by atoms with Gasteiger partial charge in [0.25, 0.3) is 0 Å². The van der Waals surface area contributed by atoms with Crippen molar-refractivity contribution in [3.63, 3.8) is 0 Å². The normalized spacial score (nSPS) is 33.7. The Balaban J connectivity index is 1.53. The van der Waals surface area contributed by atoms with Crippen LogP contribution >= 0.6 is 0 Å². The molecule has 1 saturated carbocycles. The molecular weight excluding hydrogens is 328 g/mol. The first-order valence-electron chi connectivity index (χ1n) is 10.2. The predicted octanol–water partition coefficient (Wildman–Crippen LogP) is 4.25. The minimum atomic E-state index is -0.808. The number of aliphatic hydroxyl groups excluding tert-OH is 1. The van der Waals surface area contributed by atoms with Crippen LogP contribution in [0.4, 0.5) is 0 Å². The summed E-state index contributed by atoms with van der Waals surface area (Å²) in [7, 11) is 0. The summed E-state index contributed by atoms with van der Waals surface area (Å²) in [5, 5.41) is 19.1. The monoisotopic (exact) mass is 360 g/mol. The van der Waals surface area contributed by atoms with Gasteiger partial charge in [-0.05, 0) is 43.9 Å². The van der Waals surface area contributed by atoms with Crippen molar-refractivity contribution in [3.05, 3.63) is 36.5 Å². The van der Waals surface area contributed by atoms with Gasteiger partial charge in [-0.2, -0.15) is 0 Å². The number of ether oxygens (including phenoxy) is 1. The first-order chi connectivity index (χ1) is 12.6. The Bertz CT molecular complexity index is 544. The quantitative estimate of drug-likeness (QED) is 0.501. The lowest BCUT2D eigenvalue weighted by atomic mass is 9.76. The van der Waals surface area contributed by atoms with Gasteiger partial charge in [0.2, 0.25) is 0 Å². The fraction of sp³-hybridized carbons (Fsp3) is 0.682. The Kier molecular flexibility index (Phi) is 7.09. The number of carboxylic acids is 1. The molecule has 1 aliphatic carbocycles. The average molecular weight is 360 g/mol. The SMILES string of the molecule is O=C(O)CC=C/C=C\C[C@H]1[C@@H](/C=C/C(O)C2CCCCC2)[C@H]2CC[C@@H]1O2. The number of rotatable bonds is 8. The molecule has 3 fully saturated rings. The summed E-state index contributed by atoms with van der Waals surface area (Å²) >= 11 is 0. The highest BCUT2D eigenvalue weighted by Crippen LogP contribution is 2.46. The summed E-state index contributed by atoms with van der Waals surface area (Å²) in [6, 6.07) is 0. The number of carboxylic acid groups (broad SMARTS) is 1. The van der Waals surface area contributed by atoms with E-state index in [9.17, 15) is 9.90 Å². The average Bonchev–Trinajstić information content (AvgIpc) is 3.24. The van der Waals surface area contributed by atoms with Crippen molar-refractivity contribution in [2.75, 3.05) is 0 Å². The summed E-state index contributed by atoms with van der Waals surface area (Å²) in [4.78, 5) is 10.5. The molecule has 2 N–H and O–H groups in total. The molecule has 4 nitrogen and oxygen atoms in total. The second-order valence-electron chi connectivity index (χ2n) is 7.99. The van der Waals surface area contributed by atoms with E-state index in [1.807, 2.05) is 12.2 Å². The van der Waals surface area contributed by atoms with Crippen LogP contribution in [0.15, 0.2) is 36.5 Å². The maximum absolute atomic E-state index is 10.5. The lowest BCUT2D eigenvalue weighted by Gasteiger charge is -2.27. The minimum Gasteiger partial charge on any atom is -0.481 e. The number of fused-ring (bicyclic) bond motifs is 2. The Morgan fingerprint density at radius 1 is 1.04 bits per heavy atom. The van der Waals surface area contributed by atoms with Gasteiger partial charge in [0, 0.05) is 5.92 Å². The van der Waals surface area contributed by atoms with Crippen molar-refractivity contribution in [1.29, 1.82) is 0 Å². The van der Waals surface area contributed by atoms with E-state index in [-0.39, 0.29) is 12.5 Å². The molecule has 0 radical (unpaired) electrons. The summed E-state index contributed by atoms with van der Waals surface area (Å²) < 4.78 is 6.12. The van der Waals surface area contributed by atoms with Crippen molar-refractivity contribution in [3.8, 4) is 0 Å². The van der Waals surface area contributed by atoms with E-state index in [4.69, 9.17) is 9.84 Å². The predicted molar refractivity (Wildman–Crippen MR) is 102 cm³/mol. The molecule has 2 heterocycles. The largest absolute Gasteiger partial charge is 0.481 e. The van der Waals surface area contributed by atoms with Crippen LogP contribution in [0.3, 0.4) is 0 Å². The van der Waals surface area contributed by atoms with Gasteiger partial charge in [-0.15, -0.1) is 0 Å². The molecule has 2 bridgehead atoms. The van der Waals surface area contributed by atoms with Crippen molar-refractivity contribution < 1.29 is 19.7 Å². The van der Waals surface area contributed by atoms with Gasteiger partial charge in [0.1, 0.15) is 0 Å². The third kappa shape index (κ3) is 5.08. The van der Waals surface area contributed by atoms with Crippen molar-refractivity contribution in [2.45, 2.75) is 76.1 Å². The molecule has 1 unspecified atom stereocenters. The molecular formula is C22H32O4. The van der Waals surface area contributed by atoms with Gasteiger partial charge in [0.15, 0.2) is 0 Å². The van der Waals surface area contributed by atoms with Gasteiger partial charge in [-0.3, -0.25) is 4.79 Å². The molecule has 144 valence electrons. The summed E-state index contributed by atoms with van der Waals surface area (Å²) in [5.74, 6) is 0.474. The highest BCUT2D eigenvalue weighted by atomic mass is 16.5. The van der Waals surface area contributed by atoms with Crippen LogP contribution in [0, 0.1) is 17.8 Å². The molecule has 3 aliphatic rings. The van der Waals surface area contributed by atoms with Crippen LogP contribution < -0.4 is 0 Å². The standard InChI is InChI=1S/C22H32O4/c23-19(16-8-4-3-5-9-16)13-12-18-17(20-14-15-21(18)26-20)10-6-1-2-7-11-22(24)25/h1-2,6-7,12-13,16-21,23H,3-5,8-11,14-15H2,(H,24,25)/b6-1-,7-2?,13-12+/t17-,18+,19?,20-,21+/m0/s1. The zero-order chi connectivity index (χ0) is 18.4. The molecule has 2 aliphatic heterocycles. The van der Waals surface area contributed by atoms with Crippen LogP contribution in [0.2, 0.25) is 0 Å². The maximum Gasteiger partial charge on any atom is 0.307 e. The Labute approximate surface area is 156 Å². The Hall–Kier alpha value is -1.39. The molecule has 4 heteroatoms. The number of hydrogen-bond donors (Lipinski definition) is 2. The number of allylic oxidation sites excluding steroid dienone is 3. The van der Waals surface area contributed by atoms with Gasteiger partial charge in [0.05, 0.1) is 24.7 Å². The second kappa shape index (κ2) is 9.52. The number of carbonyl (C=O) groups is 1. The molecule has 3 rings (SSSR count). The second-order valence-corrected chi connectivity index (χ2v) is 7.99. The zero-order valence-corrected chi connectivity index (χ0v) is 15.5. The van der Waals surface area contributed by atoms with Crippen molar-refractivity contribution in [1.82, 2.24) is 0 Å². The number of aliphatic hydroxyl groups is 1. The van der Waals surface area contributed by atoms with Gasteiger partial charge >= 0.3 is 5.97 Å². The maximum atomic E-state index is 10.5. The molecule has 0 spiro atoms. The molecule has 5 atom stereocenters. The van der Waals surface area contributed by atoms with Gasteiger partial charge in [-0.1, -0.05) is 55.7 Å². The minimum absolute atomic E-state index is 0.0615. The van der Waals surface area contributed by atoms with Gasteiger partial charge < -0.3 is 14.9 Å². The molecule has 26 heavy (non-hydrogen) atoms. The number of aliphatic carboxylic acids is 1. The lowest BCUT2D eigenvalue weighted by Crippen LogP contribution is -2.26. The first kappa shape index (κ1) is 19.4. The third-order valence-corrected chi connectivity index (χ3v) is 6.23. The summed E-state index contributed by atoms with van der Waals surface area (Å²) in [5.41, 5.74) is 0. The summed E-state index contributed by atoms with van der Waals surface area (Å²) in [6.45, 7) is 0. The lowest BCUT2D eigenvalue weighted by molar-refractivity contribution is -0.136. The fourth-order valence-electron chi connectivity index (χ4n) is 4.82. The van der Waals surface area contributed by atoms with Crippen LogP contribution in [-0.2, 0) is 9.53 Å². The van der Waals surface area contributed by atoms with Crippen LogP contribution in [0.1, 0.15) is 57.8 Å². The van der Waals surface area contributed by atoms with Crippen LogP contribution in [0.5, 0.6) is 0 Å².